The number of nitrogens with zero attached hydrogens (tertiary/aromatic N) is 2. The molecular weight excluding hydrogens is 308 g/mol. The predicted molar refractivity (Wildman–Crippen MR) is 90.0 cm³/mol. The molecule has 0 fully saturated rings. The van der Waals surface area contributed by atoms with Crippen molar-refractivity contribution in [2.24, 2.45) is 5.73 Å². The molecule has 2 aromatic heterocycles. The number of halogens is 1. The van der Waals surface area contributed by atoms with Crippen LogP contribution in [0.1, 0.15) is 17.8 Å². The standard InChI is InChI=1S/C14H20N4OS.ClH/c1-10-4-3-5-13-17-11(9-18(10)13)8-16-14(19)12(15)6-7-20-2;/h3-5,9,12H,6-8,15H2,1-2H3,(H,16,19);1H/t12-;/m0./s1. The number of rotatable bonds is 6. The zero-order valence-corrected chi connectivity index (χ0v) is 13.8. The van der Waals surface area contributed by atoms with Gasteiger partial charge < -0.3 is 15.5 Å². The molecule has 0 saturated carbocycles. The molecule has 5 nitrogen and oxygen atoms in total. The average molecular weight is 329 g/mol. The van der Waals surface area contributed by atoms with Crippen molar-refractivity contribution < 1.29 is 4.79 Å². The summed E-state index contributed by atoms with van der Waals surface area (Å²) < 4.78 is 2.01. The summed E-state index contributed by atoms with van der Waals surface area (Å²) in [5.74, 6) is 0.773. The third-order valence-electron chi connectivity index (χ3n) is 3.16. The first-order valence-corrected chi connectivity index (χ1v) is 7.97. The molecule has 116 valence electrons. The molecule has 0 spiro atoms. The second kappa shape index (κ2) is 8.26. The lowest BCUT2D eigenvalue weighted by Gasteiger charge is -2.10. The van der Waals surface area contributed by atoms with E-state index in [-0.39, 0.29) is 18.3 Å². The maximum Gasteiger partial charge on any atom is 0.237 e. The minimum absolute atomic E-state index is 0. The molecule has 0 aromatic carbocycles. The van der Waals surface area contributed by atoms with Crippen LogP contribution in [0.3, 0.4) is 0 Å². The second-order valence-corrected chi connectivity index (χ2v) is 5.72. The summed E-state index contributed by atoms with van der Waals surface area (Å²) in [6, 6.07) is 5.50. The lowest BCUT2D eigenvalue weighted by Crippen LogP contribution is -2.40. The van der Waals surface area contributed by atoms with E-state index in [0.29, 0.717) is 13.0 Å². The summed E-state index contributed by atoms with van der Waals surface area (Å²) in [5.41, 5.74) is 8.66. The molecule has 1 amide bonds. The molecule has 2 rings (SSSR count). The van der Waals surface area contributed by atoms with Gasteiger partial charge in [-0.25, -0.2) is 4.98 Å². The molecule has 0 aliphatic carbocycles. The lowest BCUT2D eigenvalue weighted by atomic mass is 10.2. The molecule has 0 saturated heterocycles. The third-order valence-corrected chi connectivity index (χ3v) is 3.80. The molecule has 0 aliphatic rings. The van der Waals surface area contributed by atoms with Crippen molar-refractivity contribution in [3.05, 3.63) is 35.8 Å². The average Bonchev–Trinajstić information content (AvgIpc) is 2.86. The summed E-state index contributed by atoms with van der Waals surface area (Å²) in [4.78, 5) is 16.3. The number of thioether (sulfide) groups is 1. The van der Waals surface area contributed by atoms with Gasteiger partial charge >= 0.3 is 0 Å². The number of fused-ring (bicyclic) bond motifs is 1. The number of aryl methyl sites for hydroxylation is 1. The normalized spacial score (nSPS) is 12.0. The Kier molecular flexibility index (Phi) is 7.01. The summed E-state index contributed by atoms with van der Waals surface area (Å²) in [6.07, 6.45) is 4.64. The van der Waals surface area contributed by atoms with Crippen LogP contribution in [0.2, 0.25) is 0 Å². The van der Waals surface area contributed by atoms with Crippen molar-refractivity contribution in [2.45, 2.75) is 25.9 Å². The van der Waals surface area contributed by atoms with Crippen molar-refractivity contribution in [1.82, 2.24) is 14.7 Å². The van der Waals surface area contributed by atoms with Gasteiger partial charge in [0.05, 0.1) is 18.3 Å². The molecule has 3 N–H and O–H groups in total. The molecule has 0 radical (unpaired) electrons. The van der Waals surface area contributed by atoms with Crippen molar-refractivity contribution in [3.63, 3.8) is 0 Å². The van der Waals surface area contributed by atoms with Crippen LogP contribution in [0.5, 0.6) is 0 Å². The third kappa shape index (κ3) is 4.62. The minimum Gasteiger partial charge on any atom is -0.349 e. The predicted octanol–water partition coefficient (Wildman–Crippen LogP) is 1.76. The molecule has 2 heterocycles. The van der Waals surface area contributed by atoms with Gasteiger partial charge in [0.25, 0.3) is 0 Å². The van der Waals surface area contributed by atoms with E-state index in [0.717, 1.165) is 22.8 Å². The van der Waals surface area contributed by atoms with Crippen LogP contribution in [0.25, 0.3) is 5.65 Å². The minimum atomic E-state index is -0.443. The van der Waals surface area contributed by atoms with Gasteiger partial charge in [0.1, 0.15) is 5.65 Å². The fourth-order valence-electron chi connectivity index (χ4n) is 1.97. The number of aromatic nitrogens is 2. The number of carbonyl (C=O) groups is 1. The Bertz CT molecular complexity index is 602. The molecule has 2 aromatic rings. The number of hydrogen-bond acceptors (Lipinski definition) is 4. The molecule has 0 aliphatic heterocycles. The molecule has 21 heavy (non-hydrogen) atoms. The van der Waals surface area contributed by atoms with Gasteiger partial charge in [-0.05, 0) is 37.5 Å². The molecule has 7 heteroatoms. The van der Waals surface area contributed by atoms with Crippen molar-refractivity contribution in [2.75, 3.05) is 12.0 Å². The first kappa shape index (κ1) is 17.8. The van der Waals surface area contributed by atoms with Crippen LogP contribution < -0.4 is 11.1 Å². The number of pyridine rings is 1. The zero-order valence-electron chi connectivity index (χ0n) is 12.2. The van der Waals surface area contributed by atoms with Crippen LogP contribution in [-0.4, -0.2) is 33.3 Å². The Hall–Kier alpha value is -1.24. The van der Waals surface area contributed by atoms with Crippen LogP contribution in [0, 0.1) is 6.92 Å². The van der Waals surface area contributed by atoms with E-state index < -0.39 is 6.04 Å². The van der Waals surface area contributed by atoms with E-state index in [1.807, 2.05) is 42.0 Å². The summed E-state index contributed by atoms with van der Waals surface area (Å²) >= 11 is 1.69. The van der Waals surface area contributed by atoms with Crippen molar-refractivity contribution in [1.29, 1.82) is 0 Å². The van der Waals surface area contributed by atoms with Gasteiger partial charge in [0, 0.05) is 11.9 Å². The molecule has 0 bridgehead atoms. The van der Waals surface area contributed by atoms with E-state index in [4.69, 9.17) is 5.73 Å². The van der Waals surface area contributed by atoms with Gasteiger partial charge in [-0.1, -0.05) is 6.07 Å². The van der Waals surface area contributed by atoms with E-state index in [9.17, 15) is 4.79 Å². The highest BCUT2D eigenvalue weighted by Crippen LogP contribution is 2.08. The van der Waals surface area contributed by atoms with E-state index in [1.54, 1.807) is 11.8 Å². The van der Waals surface area contributed by atoms with Crippen molar-refractivity contribution in [3.8, 4) is 0 Å². The SMILES string of the molecule is CSCC[C@H](N)C(=O)NCc1cn2c(C)cccc2n1.Cl. The van der Waals surface area contributed by atoms with Gasteiger partial charge in [-0.2, -0.15) is 11.8 Å². The Balaban J connectivity index is 0.00000220. The number of nitrogens with two attached hydrogens (primary N) is 1. The van der Waals surface area contributed by atoms with Crippen LogP contribution in [0.4, 0.5) is 0 Å². The van der Waals surface area contributed by atoms with E-state index in [1.165, 1.54) is 0 Å². The quantitative estimate of drug-likeness (QED) is 0.847. The Labute approximate surface area is 135 Å². The first-order valence-electron chi connectivity index (χ1n) is 6.57. The van der Waals surface area contributed by atoms with Crippen LogP contribution in [-0.2, 0) is 11.3 Å². The lowest BCUT2D eigenvalue weighted by molar-refractivity contribution is -0.122. The molecule has 1 atom stereocenters. The Morgan fingerprint density at radius 1 is 1.52 bits per heavy atom. The van der Waals surface area contributed by atoms with E-state index >= 15 is 0 Å². The number of nitrogens with one attached hydrogen (secondary N) is 1. The maximum atomic E-state index is 11.8. The fraction of sp³-hybridized carbons (Fsp3) is 0.429. The first-order chi connectivity index (χ1) is 9.61. The van der Waals surface area contributed by atoms with E-state index in [2.05, 4.69) is 10.3 Å². The zero-order chi connectivity index (χ0) is 14.5. The number of hydrogen-bond donors (Lipinski definition) is 2. The Morgan fingerprint density at radius 3 is 2.95 bits per heavy atom. The van der Waals surface area contributed by atoms with Gasteiger partial charge in [-0.15, -0.1) is 12.4 Å². The largest absolute Gasteiger partial charge is 0.349 e. The van der Waals surface area contributed by atoms with Gasteiger partial charge in [0.15, 0.2) is 0 Å². The van der Waals surface area contributed by atoms with Crippen LogP contribution >= 0.6 is 24.2 Å². The number of imidazole rings is 1. The molecule has 0 unspecified atom stereocenters. The smallest absolute Gasteiger partial charge is 0.237 e. The number of amides is 1. The van der Waals surface area contributed by atoms with Crippen LogP contribution in [0.15, 0.2) is 24.4 Å². The van der Waals surface area contributed by atoms with Gasteiger partial charge in [-0.3, -0.25) is 4.79 Å². The summed E-state index contributed by atoms with van der Waals surface area (Å²) in [7, 11) is 0. The highest BCUT2D eigenvalue weighted by Gasteiger charge is 2.13. The monoisotopic (exact) mass is 328 g/mol. The summed E-state index contributed by atoms with van der Waals surface area (Å²) in [5, 5.41) is 2.84. The molecular formula is C14H21ClN4OS. The van der Waals surface area contributed by atoms with Crippen molar-refractivity contribution >= 4 is 35.7 Å². The topological polar surface area (TPSA) is 72.4 Å². The van der Waals surface area contributed by atoms with Gasteiger partial charge in [0.2, 0.25) is 5.91 Å². The Morgan fingerprint density at radius 2 is 2.29 bits per heavy atom. The number of carbonyl (C=O) groups excluding carboxylic acids is 1. The summed E-state index contributed by atoms with van der Waals surface area (Å²) in [6.45, 7) is 2.43. The highest BCUT2D eigenvalue weighted by atomic mass is 35.5. The maximum absolute atomic E-state index is 11.8. The fourth-order valence-corrected chi connectivity index (χ4v) is 2.46. The second-order valence-electron chi connectivity index (χ2n) is 4.73. The highest BCUT2D eigenvalue weighted by molar-refractivity contribution is 7.98.